The van der Waals surface area contributed by atoms with Gasteiger partial charge in [-0.2, -0.15) is 0 Å². The van der Waals surface area contributed by atoms with E-state index in [4.69, 9.17) is 14.5 Å². The van der Waals surface area contributed by atoms with Gasteiger partial charge in [-0.15, -0.1) is 0 Å². The Bertz CT molecular complexity index is 832. The quantitative estimate of drug-likeness (QED) is 0.881. The predicted octanol–water partition coefficient (Wildman–Crippen LogP) is 4.11. The lowest BCUT2D eigenvalue weighted by Crippen LogP contribution is -2.19. The van der Waals surface area contributed by atoms with Gasteiger partial charge in [-0.25, -0.2) is 0 Å². The number of nitrogens with zero attached hydrogens (tertiary/aromatic N) is 2. The number of benzene rings is 1. The third kappa shape index (κ3) is 3.76. The second kappa shape index (κ2) is 8.03. The fourth-order valence-electron chi connectivity index (χ4n) is 4.34. The molecule has 27 heavy (non-hydrogen) atoms. The van der Waals surface area contributed by atoms with Crippen molar-refractivity contribution in [3.05, 3.63) is 29.3 Å². The standard InChI is InChI=1S/C22H30N2O3/c1-15(2)13-16-3-4-20-18(14-16)21(19-7-11-27-12-8-23-19)22(25)24(20)17-5-9-26-10-6-17/h3-4,14-15,17,25H,5-13H2,1-2H3. The lowest BCUT2D eigenvalue weighted by Gasteiger charge is -2.25. The van der Waals surface area contributed by atoms with E-state index in [0.717, 1.165) is 61.1 Å². The minimum atomic E-state index is 0.272. The maximum atomic E-state index is 11.3. The molecule has 0 amide bonds. The average Bonchev–Trinajstić information content (AvgIpc) is 2.80. The van der Waals surface area contributed by atoms with E-state index in [1.165, 1.54) is 5.56 Å². The molecule has 0 atom stereocenters. The lowest BCUT2D eigenvalue weighted by molar-refractivity contribution is 0.0688. The molecular formula is C22H30N2O3. The molecule has 1 aromatic carbocycles. The van der Waals surface area contributed by atoms with Crippen LogP contribution in [0.5, 0.6) is 5.88 Å². The summed E-state index contributed by atoms with van der Waals surface area (Å²) in [5.74, 6) is 0.958. The molecule has 0 unspecified atom stereocenters. The summed E-state index contributed by atoms with van der Waals surface area (Å²) in [6.45, 7) is 7.95. The van der Waals surface area contributed by atoms with E-state index < -0.39 is 0 Å². The van der Waals surface area contributed by atoms with Crippen molar-refractivity contribution in [3.8, 4) is 5.88 Å². The Morgan fingerprint density at radius 2 is 1.93 bits per heavy atom. The molecule has 2 aliphatic rings. The van der Waals surface area contributed by atoms with Gasteiger partial charge in [0, 0.05) is 31.1 Å². The Morgan fingerprint density at radius 1 is 1.15 bits per heavy atom. The molecule has 5 nitrogen and oxygen atoms in total. The van der Waals surface area contributed by atoms with Gasteiger partial charge >= 0.3 is 0 Å². The van der Waals surface area contributed by atoms with Gasteiger partial charge in [0.2, 0.25) is 5.88 Å². The van der Waals surface area contributed by atoms with Crippen molar-refractivity contribution in [2.75, 3.05) is 33.0 Å². The topological polar surface area (TPSA) is 56.0 Å². The van der Waals surface area contributed by atoms with E-state index >= 15 is 0 Å². The van der Waals surface area contributed by atoms with Crippen LogP contribution in [0.25, 0.3) is 10.9 Å². The molecule has 1 aromatic heterocycles. The molecule has 0 radical (unpaired) electrons. The second-order valence-electron chi connectivity index (χ2n) is 8.05. The molecule has 0 spiro atoms. The van der Waals surface area contributed by atoms with Crippen LogP contribution in [0, 0.1) is 5.92 Å². The molecule has 5 heteroatoms. The number of aromatic nitrogens is 1. The highest BCUT2D eigenvalue weighted by Crippen LogP contribution is 2.39. The number of aromatic hydroxyl groups is 1. The summed E-state index contributed by atoms with van der Waals surface area (Å²) in [4.78, 5) is 4.75. The predicted molar refractivity (Wildman–Crippen MR) is 108 cm³/mol. The van der Waals surface area contributed by atoms with E-state index in [1.807, 2.05) is 0 Å². The van der Waals surface area contributed by atoms with Crippen LogP contribution >= 0.6 is 0 Å². The van der Waals surface area contributed by atoms with Crippen molar-refractivity contribution >= 4 is 16.6 Å². The van der Waals surface area contributed by atoms with Gasteiger partial charge in [-0.3, -0.25) is 4.99 Å². The second-order valence-corrected chi connectivity index (χ2v) is 8.05. The molecule has 0 bridgehead atoms. The fraction of sp³-hybridized carbons (Fsp3) is 0.591. The van der Waals surface area contributed by atoms with Crippen LogP contribution in [0.1, 0.15) is 50.3 Å². The Morgan fingerprint density at radius 3 is 2.70 bits per heavy atom. The average molecular weight is 370 g/mol. The minimum absolute atomic E-state index is 0.272. The van der Waals surface area contributed by atoms with Gasteiger partial charge < -0.3 is 19.1 Å². The van der Waals surface area contributed by atoms with Gasteiger partial charge in [0.15, 0.2) is 0 Å². The molecule has 2 aromatic rings. The van der Waals surface area contributed by atoms with Gasteiger partial charge in [-0.05, 0) is 42.9 Å². The van der Waals surface area contributed by atoms with Gasteiger partial charge in [0.1, 0.15) is 0 Å². The van der Waals surface area contributed by atoms with E-state index in [-0.39, 0.29) is 6.04 Å². The van der Waals surface area contributed by atoms with E-state index in [2.05, 4.69) is 36.6 Å². The normalized spacial score (nSPS) is 19.4. The summed E-state index contributed by atoms with van der Waals surface area (Å²) < 4.78 is 13.2. The summed E-state index contributed by atoms with van der Waals surface area (Å²) in [5, 5.41) is 12.4. The monoisotopic (exact) mass is 370 g/mol. The summed E-state index contributed by atoms with van der Waals surface area (Å²) >= 11 is 0. The maximum Gasteiger partial charge on any atom is 0.201 e. The molecule has 146 valence electrons. The van der Waals surface area contributed by atoms with Gasteiger partial charge in [0.05, 0.1) is 36.6 Å². The van der Waals surface area contributed by atoms with Crippen molar-refractivity contribution < 1.29 is 14.6 Å². The first-order valence-electron chi connectivity index (χ1n) is 10.2. The van der Waals surface area contributed by atoms with Crippen molar-refractivity contribution in [1.29, 1.82) is 0 Å². The molecule has 1 saturated heterocycles. The summed E-state index contributed by atoms with van der Waals surface area (Å²) in [7, 11) is 0. The molecule has 0 saturated carbocycles. The van der Waals surface area contributed by atoms with Crippen LogP contribution in [-0.2, 0) is 15.9 Å². The molecular weight excluding hydrogens is 340 g/mol. The van der Waals surface area contributed by atoms with Crippen molar-refractivity contribution in [2.45, 2.75) is 45.6 Å². The smallest absolute Gasteiger partial charge is 0.201 e. The highest BCUT2D eigenvalue weighted by molar-refractivity contribution is 6.13. The SMILES string of the molecule is CC(C)Cc1ccc2c(c1)c(C1=NCCOCC1)c(O)n2C1CCOCC1. The first-order chi connectivity index (χ1) is 13.1. The number of fused-ring (bicyclic) bond motifs is 1. The molecule has 1 N–H and O–H groups in total. The fourth-order valence-corrected chi connectivity index (χ4v) is 4.34. The van der Waals surface area contributed by atoms with Crippen molar-refractivity contribution in [3.63, 3.8) is 0 Å². The highest BCUT2D eigenvalue weighted by Gasteiger charge is 2.27. The summed E-state index contributed by atoms with van der Waals surface area (Å²) in [6.07, 6.45) is 3.64. The Balaban J connectivity index is 1.87. The largest absolute Gasteiger partial charge is 0.494 e. The number of aliphatic imine (C=N–C) groups is 1. The number of hydrogen-bond acceptors (Lipinski definition) is 4. The van der Waals surface area contributed by atoms with Crippen molar-refractivity contribution in [1.82, 2.24) is 4.57 Å². The first kappa shape index (κ1) is 18.5. The Hall–Kier alpha value is -1.85. The maximum absolute atomic E-state index is 11.3. The van der Waals surface area contributed by atoms with Crippen LogP contribution in [0.3, 0.4) is 0 Å². The van der Waals surface area contributed by atoms with E-state index in [9.17, 15) is 5.11 Å². The summed E-state index contributed by atoms with van der Waals surface area (Å²) in [5.41, 5.74) is 4.30. The molecule has 0 aliphatic carbocycles. The number of hydrogen-bond donors (Lipinski definition) is 1. The molecule has 1 fully saturated rings. The van der Waals surface area contributed by atoms with Crippen LogP contribution in [0.4, 0.5) is 0 Å². The summed E-state index contributed by atoms with van der Waals surface area (Å²) in [6, 6.07) is 6.92. The Labute approximate surface area is 161 Å². The van der Waals surface area contributed by atoms with E-state index in [0.29, 0.717) is 31.6 Å². The van der Waals surface area contributed by atoms with Gasteiger partial charge in [-0.1, -0.05) is 19.9 Å². The van der Waals surface area contributed by atoms with Crippen molar-refractivity contribution in [2.24, 2.45) is 10.9 Å². The third-order valence-corrected chi connectivity index (χ3v) is 5.55. The zero-order valence-electron chi connectivity index (χ0n) is 16.4. The lowest BCUT2D eigenvalue weighted by atomic mass is 9.99. The van der Waals surface area contributed by atoms with Crippen LogP contribution in [0.15, 0.2) is 23.2 Å². The van der Waals surface area contributed by atoms with E-state index in [1.54, 1.807) is 0 Å². The highest BCUT2D eigenvalue weighted by atomic mass is 16.5. The number of ether oxygens (including phenoxy) is 2. The zero-order valence-corrected chi connectivity index (χ0v) is 16.4. The Kier molecular flexibility index (Phi) is 5.50. The third-order valence-electron chi connectivity index (χ3n) is 5.55. The van der Waals surface area contributed by atoms with Crippen LogP contribution in [0.2, 0.25) is 0 Å². The minimum Gasteiger partial charge on any atom is -0.494 e. The zero-order chi connectivity index (χ0) is 18.8. The van der Waals surface area contributed by atoms with Gasteiger partial charge in [0.25, 0.3) is 0 Å². The first-order valence-corrected chi connectivity index (χ1v) is 10.2. The molecule has 3 heterocycles. The van der Waals surface area contributed by atoms with Crippen LogP contribution < -0.4 is 0 Å². The number of rotatable bonds is 4. The molecule has 4 rings (SSSR count). The molecule has 2 aliphatic heterocycles. The van der Waals surface area contributed by atoms with Crippen LogP contribution in [-0.4, -0.2) is 48.4 Å².